The molecule has 0 bridgehead atoms. The highest BCUT2D eigenvalue weighted by atomic mass is 35.5. The number of ether oxygens (including phenoxy) is 1. The molecule has 4 nitrogen and oxygen atoms in total. The van der Waals surface area contributed by atoms with Crippen molar-refractivity contribution in [1.82, 2.24) is 0 Å². The van der Waals surface area contributed by atoms with Crippen molar-refractivity contribution < 1.29 is 27.6 Å². The highest BCUT2D eigenvalue weighted by Gasteiger charge is 2.33. The van der Waals surface area contributed by atoms with Gasteiger partial charge < -0.3 is 15.0 Å². The molecule has 1 amide bonds. The zero-order chi connectivity index (χ0) is 17.9. The van der Waals surface area contributed by atoms with Crippen molar-refractivity contribution in [3.05, 3.63) is 28.8 Å². The van der Waals surface area contributed by atoms with E-state index < -0.39 is 11.7 Å². The van der Waals surface area contributed by atoms with Crippen LogP contribution in [-0.4, -0.2) is 37.7 Å². The summed E-state index contributed by atoms with van der Waals surface area (Å²) in [4.78, 5) is 13.2. The molecular formula is C16H21ClF3N2O2+. The molecule has 0 saturated carbocycles. The van der Waals surface area contributed by atoms with Gasteiger partial charge in [-0.3, -0.25) is 4.79 Å². The van der Waals surface area contributed by atoms with E-state index in [0.717, 1.165) is 25.2 Å². The first-order chi connectivity index (χ1) is 11.1. The standard InChI is InChI=1S/C16H20ClF3N2O2/c1-10-8-22(9-11(2)24-10)6-5-15(23)21-12-3-4-14(17)13(7-12)16(18,19)20/h3-4,7,10-11H,5-6,8-9H2,1-2H3,(H,21,23)/p+1/t10-,11-/m1/s1. The van der Waals surface area contributed by atoms with Gasteiger partial charge in [0, 0.05) is 5.69 Å². The van der Waals surface area contributed by atoms with E-state index in [9.17, 15) is 18.0 Å². The Morgan fingerprint density at radius 2 is 1.96 bits per heavy atom. The molecule has 0 aliphatic carbocycles. The molecule has 0 aromatic heterocycles. The number of anilines is 1. The van der Waals surface area contributed by atoms with Crippen molar-refractivity contribution in [2.75, 3.05) is 25.0 Å². The second-order valence-electron chi connectivity index (χ2n) is 6.16. The van der Waals surface area contributed by atoms with Crippen molar-refractivity contribution in [2.24, 2.45) is 0 Å². The van der Waals surface area contributed by atoms with Crippen LogP contribution in [0.5, 0.6) is 0 Å². The van der Waals surface area contributed by atoms with E-state index in [2.05, 4.69) is 5.32 Å². The molecule has 1 aromatic carbocycles. The molecule has 1 heterocycles. The maximum absolute atomic E-state index is 12.8. The summed E-state index contributed by atoms with van der Waals surface area (Å²) in [6, 6.07) is 3.35. The summed E-state index contributed by atoms with van der Waals surface area (Å²) in [5.41, 5.74) is -0.862. The molecule has 0 radical (unpaired) electrons. The maximum atomic E-state index is 12.8. The molecule has 1 aliphatic rings. The van der Waals surface area contributed by atoms with Crippen LogP contribution in [0.2, 0.25) is 5.02 Å². The van der Waals surface area contributed by atoms with Gasteiger partial charge in [-0.05, 0) is 32.0 Å². The number of quaternary nitrogens is 1. The van der Waals surface area contributed by atoms with Crippen molar-refractivity contribution in [2.45, 2.75) is 38.7 Å². The molecule has 8 heteroatoms. The largest absolute Gasteiger partial charge is 0.417 e. The third-order valence-electron chi connectivity index (χ3n) is 3.88. The number of hydrogen-bond donors (Lipinski definition) is 2. The number of morpholine rings is 1. The second kappa shape index (κ2) is 7.72. The summed E-state index contributed by atoms with van der Waals surface area (Å²) >= 11 is 5.56. The number of hydrogen-bond acceptors (Lipinski definition) is 2. The number of rotatable bonds is 4. The number of benzene rings is 1. The van der Waals surface area contributed by atoms with Crippen LogP contribution < -0.4 is 10.2 Å². The zero-order valence-corrected chi connectivity index (χ0v) is 14.3. The first-order valence-corrected chi connectivity index (χ1v) is 8.18. The van der Waals surface area contributed by atoms with E-state index in [0.29, 0.717) is 6.54 Å². The quantitative estimate of drug-likeness (QED) is 0.860. The lowest BCUT2D eigenvalue weighted by molar-refractivity contribution is -0.914. The number of halogens is 4. The summed E-state index contributed by atoms with van der Waals surface area (Å²) in [7, 11) is 0. The van der Waals surface area contributed by atoms with Gasteiger partial charge >= 0.3 is 6.18 Å². The molecule has 2 rings (SSSR count). The lowest BCUT2D eigenvalue weighted by Crippen LogP contribution is -3.15. The third-order valence-corrected chi connectivity index (χ3v) is 4.21. The second-order valence-corrected chi connectivity index (χ2v) is 6.56. The molecule has 1 fully saturated rings. The van der Waals surface area contributed by atoms with Gasteiger partial charge in [0.25, 0.3) is 0 Å². The molecule has 134 valence electrons. The maximum Gasteiger partial charge on any atom is 0.417 e. The molecule has 0 unspecified atom stereocenters. The third kappa shape index (κ3) is 5.36. The summed E-state index contributed by atoms with van der Waals surface area (Å²) in [6.45, 7) is 6.22. The molecule has 2 N–H and O–H groups in total. The first-order valence-electron chi connectivity index (χ1n) is 7.80. The Hall–Kier alpha value is -1.31. The van der Waals surface area contributed by atoms with Crippen LogP contribution in [0.25, 0.3) is 0 Å². The van der Waals surface area contributed by atoms with E-state index in [-0.39, 0.29) is 35.2 Å². The van der Waals surface area contributed by atoms with Gasteiger partial charge in [-0.25, -0.2) is 0 Å². The molecule has 0 spiro atoms. The smallest absolute Gasteiger partial charge is 0.364 e. The first kappa shape index (κ1) is 19.0. The average molecular weight is 366 g/mol. The van der Waals surface area contributed by atoms with E-state index >= 15 is 0 Å². The van der Waals surface area contributed by atoms with Crippen LogP contribution in [-0.2, 0) is 15.7 Å². The monoisotopic (exact) mass is 365 g/mol. The molecule has 24 heavy (non-hydrogen) atoms. The van der Waals surface area contributed by atoms with Gasteiger partial charge in [0.05, 0.1) is 23.6 Å². The van der Waals surface area contributed by atoms with Crippen molar-refractivity contribution in [3.8, 4) is 0 Å². The average Bonchev–Trinajstić information content (AvgIpc) is 2.45. The fourth-order valence-corrected chi connectivity index (χ4v) is 3.15. The van der Waals surface area contributed by atoms with Gasteiger partial charge in [0.2, 0.25) is 5.91 Å². The molecule has 1 aliphatic heterocycles. The van der Waals surface area contributed by atoms with Gasteiger partial charge in [-0.2, -0.15) is 13.2 Å². The Labute approximate surface area is 143 Å². The minimum absolute atomic E-state index is 0.0930. The number of carbonyl (C=O) groups excluding carboxylic acids is 1. The number of alkyl halides is 3. The SMILES string of the molecule is C[C@@H]1C[NH+](CCC(=O)Nc2ccc(Cl)c(C(F)(F)F)c2)C[C@@H](C)O1. The normalized spacial score (nSPS) is 24.7. The Balaban J connectivity index is 1.91. The molecule has 1 saturated heterocycles. The lowest BCUT2D eigenvalue weighted by Gasteiger charge is -2.32. The fraction of sp³-hybridized carbons (Fsp3) is 0.562. The van der Waals surface area contributed by atoms with E-state index in [4.69, 9.17) is 16.3 Å². The summed E-state index contributed by atoms with van der Waals surface area (Å²) in [5, 5.41) is 2.11. The summed E-state index contributed by atoms with van der Waals surface area (Å²) in [6.07, 6.45) is -4.05. The van der Waals surface area contributed by atoms with Crippen LogP contribution in [0.1, 0.15) is 25.8 Å². The number of nitrogens with one attached hydrogen (secondary N) is 2. The summed E-state index contributed by atoms with van der Waals surface area (Å²) < 4.78 is 44.1. The Morgan fingerprint density at radius 3 is 2.54 bits per heavy atom. The Bertz CT molecular complexity index is 585. The van der Waals surface area contributed by atoms with Crippen LogP contribution in [0.4, 0.5) is 18.9 Å². The van der Waals surface area contributed by atoms with E-state index in [1.165, 1.54) is 11.0 Å². The highest BCUT2D eigenvalue weighted by molar-refractivity contribution is 6.31. The minimum atomic E-state index is -4.55. The fourth-order valence-electron chi connectivity index (χ4n) is 2.93. The van der Waals surface area contributed by atoms with Gasteiger partial charge in [0.1, 0.15) is 25.3 Å². The van der Waals surface area contributed by atoms with Gasteiger partial charge in [0.15, 0.2) is 0 Å². The topological polar surface area (TPSA) is 42.8 Å². The molecule has 1 aromatic rings. The number of amides is 1. The van der Waals surface area contributed by atoms with Crippen LogP contribution in [0, 0.1) is 0 Å². The summed E-state index contributed by atoms with van der Waals surface area (Å²) in [5.74, 6) is -0.315. The number of carbonyl (C=O) groups is 1. The van der Waals surface area contributed by atoms with Crippen molar-refractivity contribution in [3.63, 3.8) is 0 Å². The molecular weight excluding hydrogens is 345 g/mol. The molecule has 2 atom stereocenters. The van der Waals surface area contributed by atoms with E-state index in [1.54, 1.807) is 0 Å². The predicted molar refractivity (Wildman–Crippen MR) is 85.3 cm³/mol. The predicted octanol–water partition coefficient (Wildman–Crippen LogP) is 2.38. The van der Waals surface area contributed by atoms with Gasteiger partial charge in [-0.1, -0.05) is 11.6 Å². The highest BCUT2D eigenvalue weighted by Crippen LogP contribution is 2.36. The minimum Gasteiger partial charge on any atom is -0.364 e. The van der Waals surface area contributed by atoms with Crippen molar-refractivity contribution >= 4 is 23.2 Å². The zero-order valence-electron chi connectivity index (χ0n) is 13.5. The Kier molecular flexibility index (Phi) is 6.11. The van der Waals surface area contributed by atoms with Crippen molar-refractivity contribution in [1.29, 1.82) is 0 Å². The van der Waals surface area contributed by atoms with E-state index in [1.807, 2.05) is 13.8 Å². The lowest BCUT2D eigenvalue weighted by atomic mass is 10.2. The van der Waals surface area contributed by atoms with Crippen LogP contribution in [0.15, 0.2) is 18.2 Å². The van der Waals surface area contributed by atoms with Crippen LogP contribution in [0.3, 0.4) is 0 Å². The van der Waals surface area contributed by atoms with Gasteiger partial charge in [-0.15, -0.1) is 0 Å². The van der Waals surface area contributed by atoms with Crippen LogP contribution >= 0.6 is 11.6 Å². The Morgan fingerprint density at radius 1 is 1.33 bits per heavy atom.